The van der Waals surface area contributed by atoms with Gasteiger partial charge in [0.15, 0.2) is 0 Å². The molecule has 6 heteroatoms. The molecule has 3 aromatic rings. The number of thiazole rings is 1. The largest absolute Gasteiger partial charge is 0.337 e. The Bertz CT molecular complexity index is 895. The summed E-state index contributed by atoms with van der Waals surface area (Å²) in [7, 11) is 0. The van der Waals surface area contributed by atoms with Gasteiger partial charge in [0.2, 0.25) is 5.91 Å². The van der Waals surface area contributed by atoms with Crippen molar-refractivity contribution >= 4 is 34.7 Å². The first kappa shape index (κ1) is 18.1. The van der Waals surface area contributed by atoms with E-state index in [1.54, 1.807) is 28.7 Å². The lowest BCUT2D eigenvalue weighted by Gasteiger charge is -2.33. The Labute approximate surface area is 167 Å². The number of nitrogens with zero attached hydrogens (tertiary/aromatic N) is 3. The Morgan fingerprint density at radius 2 is 1.85 bits per heavy atom. The summed E-state index contributed by atoms with van der Waals surface area (Å²) >= 11 is 3.44. The first-order valence-electron chi connectivity index (χ1n) is 9.00. The highest BCUT2D eigenvalue weighted by Gasteiger charge is 2.20. The van der Waals surface area contributed by atoms with Gasteiger partial charge >= 0.3 is 0 Å². The molecule has 0 saturated carbocycles. The highest BCUT2D eigenvalue weighted by atomic mass is 32.1. The second-order valence-electron chi connectivity index (χ2n) is 6.45. The van der Waals surface area contributed by atoms with Crippen molar-refractivity contribution in [1.29, 1.82) is 0 Å². The van der Waals surface area contributed by atoms with Gasteiger partial charge in [-0.05, 0) is 23.1 Å². The zero-order valence-electron chi connectivity index (χ0n) is 15.0. The maximum absolute atomic E-state index is 12.4. The Hall–Kier alpha value is -2.28. The van der Waals surface area contributed by atoms with Crippen molar-refractivity contribution in [1.82, 2.24) is 14.8 Å². The molecule has 0 N–H and O–H groups in total. The summed E-state index contributed by atoms with van der Waals surface area (Å²) < 4.78 is 0. The van der Waals surface area contributed by atoms with Gasteiger partial charge in [-0.25, -0.2) is 4.98 Å². The number of carbonyl (C=O) groups is 1. The standard InChI is InChI=1S/C21H21N3OS2/c25-21(9-8-17-5-2-1-3-6-17)24-12-10-23(11-13-24)15-20-22-18(16-27-20)19-7-4-14-26-19/h1-9,14,16H,10-13,15H2/b9-8-. The van der Waals surface area contributed by atoms with E-state index in [1.807, 2.05) is 41.3 Å². The van der Waals surface area contributed by atoms with E-state index >= 15 is 0 Å². The number of aromatic nitrogens is 1. The molecule has 138 valence electrons. The van der Waals surface area contributed by atoms with Gasteiger partial charge < -0.3 is 4.90 Å². The molecular weight excluding hydrogens is 374 g/mol. The Balaban J connectivity index is 1.28. The van der Waals surface area contributed by atoms with Crippen LogP contribution < -0.4 is 0 Å². The fourth-order valence-electron chi connectivity index (χ4n) is 3.08. The van der Waals surface area contributed by atoms with E-state index in [4.69, 9.17) is 4.98 Å². The molecule has 0 aliphatic carbocycles. The van der Waals surface area contributed by atoms with E-state index < -0.39 is 0 Å². The number of carbonyl (C=O) groups excluding carboxylic acids is 1. The van der Waals surface area contributed by atoms with Crippen molar-refractivity contribution in [2.24, 2.45) is 0 Å². The second kappa shape index (κ2) is 8.61. The van der Waals surface area contributed by atoms with Crippen LogP contribution in [-0.2, 0) is 11.3 Å². The minimum Gasteiger partial charge on any atom is -0.337 e. The summed E-state index contributed by atoms with van der Waals surface area (Å²) in [6.07, 6.45) is 3.56. The lowest BCUT2D eigenvalue weighted by molar-refractivity contribution is -0.127. The topological polar surface area (TPSA) is 36.4 Å². The van der Waals surface area contributed by atoms with Crippen LogP contribution in [0.3, 0.4) is 0 Å². The number of hydrogen-bond donors (Lipinski definition) is 0. The molecule has 4 rings (SSSR count). The van der Waals surface area contributed by atoms with Crippen molar-refractivity contribution in [3.05, 3.63) is 69.9 Å². The molecule has 1 aromatic carbocycles. The number of piperazine rings is 1. The molecule has 2 aromatic heterocycles. The normalized spacial score (nSPS) is 15.5. The summed E-state index contributed by atoms with van der Waals surface area (Å²) in [5.74, 6) is 0.0905. The first-order chi connectivity index (χ1) is 13.3. The summed E-state index contributed by atoms with van der Waals surface area (Å²) in [6, 6.07) is 14.1. The van der Waals surface area contributed by atoms with Gasteiger partial charge in [-0.1, -0.05) is 36.4 Å². The van der Waals surface area contributed by atoms with Crippen molar-refractivity contribution in [3.63, 3.8) is 0 Å². The fourth-order valence-corrected chi connectivity index (χ4v) is 4.67. The molecule has 0 spiro atoms. The van der Waals surface area contributed by atoms with Gasteiger partial charge in [-0.2, -0.15) is 0 Å². The summed E-state index contributed by atoms with van der Waals surface area (Å²) in [4.78, 5) is 22.7. The molecule has 1 aliphatic rings. The average molecular weight is 396 g/mol. The maximum atomic E-state index is 12.4. The lowest BCUT2D eigenvalue weighted by atomic mass is 10.2. The van der Waals surface area contributed by atoms with E-state index in [2.05, 4.69) is 27.8 Å². The number of amides is 1. The quantitative estimate of drug-likeness (QED) is 0.607. The predicted octanol–water partition coefficient (Wildman–Crippen LogP) is 4.23. The molecule has 3 heterocycles. The lowest BCUT2D eigenvalue weighted by Crippen LogP contribution is -2.47. The molecule has 0 radical (unpaired) electrons. The zero-order valence-corrected chi connectivity index (χ0v) is 16.6. The zero-order chi connectivity index (χ0) is 18.5. The Kier molecular flexibility index (Phi) is 5.77. The number of hydrogen-bond acceptors (Lipinski definition) is 5. The fraction of sp³-hybridized carbons (Fsp3) is 0.238. The molecule has 1 aliphatic heterocycles. The Morgan fingerprint density at radius 1 is 1.04 bits per heavy atom. The van der Waals surface area contributed by atoms with Crippen molar-refractivity contribution in [2.45, 2.75) is 6.54 Å². The van der Waals surface area contributed by atoms with Crippen LogP contribution in [0, 0.1) is 0 Å². The van der Waals surface area contributed by atoms with Crippen LogP contribution in [0.15, 0.2) is 59.3 Å². The van der Waals surface area contributed by atoms with Gasteiger partial charge in [-0.3, -0.25) is 9.69 Å². The molecule has 0 atom stereocenters. The number of rotatable bonds is 5. The molecule has 1 amide bonds. The van der Waals surface area contributed by atoms with Gasteiger partial charge in [0.05, 0.1) is 17.1 Å². The van der Waals surface area contributed by atoms with Gasteiger partial charge in [0.1, 0.15) is 5.01 Å². The highest BCUT2D eigenvalue weighted by molar-refractivity contribution is 7.14. The van der Waals surface area contributed by atoms with E-state index in [9.17, 15) is 4.79 Å². The Morgan fingerprint density at radius 3 is 2.59 bits per heavy atom. The van der Waals surface area contributed by atoms with Gasteiger partial charge in [0.25, 0.3) is 0 Å². The van der Waals surface area contributed by atoms with Crippen LogP contribution in [-0.4, -0.2) is 46.9 Å². The van der Waals surface area contributed by atoms with Crippen molar-refractivity contribution in [2.75, 3.05) is 26.2 Å². The third-order valence-corrected chi connectivity index (χ3v) is 6.31. The monoisotopic (exact) mass is 395 g/mol. The minimum atomic E-state index is 0.0905. The molecular formula is C21H21N3OS2. The summed E-state index contributed by atoms with van der Waals surface area (Å²) in [5, 5.41) is 5.36. The van der Waals surface area contributed by atoms with Crippen molar-refractivity contribution < 1.29 is 4.79 Å². The minimum absolute atomic E-state index is 0.0905. The maximum Gasteiger partial charge on any atom is 0.246 e. The SMILES string of the molecule is O=C(/C=C\c1ccccc1)N1CCN(Cc2nc(-c3cccs3)cs2)CC1. The third kappa shape index (κ3) is 4.71. The summed E-state index contributed by atoms with van der Waals surface area (Å²) in [6.45, 7) is 4.16. The van der Waals surface area contributed by atoms with E-state index in [0.29, 0.717) is 0 Å². The van der Waals surface area contributed by atoms with Gasteiger partial charge in [-0.15, -0.1) is 22.7 Å². The molecule has 1 saturated heterocycles. The van der Waals surface area contributed by atoms with Crippen molar-refractivity contribution in [3.8, 4) is 10.6 Å². The van der Waals surface area contributed by atoms with Crippen LogP contribution >= 0.6 is 22.7 Å². The van der Waals surface area contributed by atoms with Gasteiger partial charge in [0, 0.05) is 37.6 Å². The first-order valence-corrected chi connectivity index (χ1v) is 10.8. The average Bonchev–Trinajstić information content (AvgIpc) is 3.39. The smallest absolute Gasteiger partial charge is 0.246 e. The molecule has 0 bridgehead atoms. The number of benzene rings is 1. The third-order valence-electron chi connectivity index (χ3n) is 4.59. The molecule has 0 unspecified atom stereocenters. The van der Waals surface area contributed by atoms with Crippen LogP contribution in [0.25, 0.3) is 16.6 Å². The molecule has 1 fully saturated rings. The van der Waals surface area contributed by atoms with E-state index in [0.717, 1.165) is 49.0 Å². The van der Waals surface area contributed by atoms with E-state index in [1.165, 1.54) is 4.88 Å². The van der Waals surface area contributed by atoms with Crippen LogP contribution in [0.5, 0.6) is 0 Å². The highest BCUT2D eigenvalue weighted by Crippen LogP contribution is 2.26. The predicted molar refractivity (Wildman–Crippen MR) is 113 cm³/mol. The van der Waals surface area contributed by atoms with E-state index in [-0.39, 0.29) is 5.91 Å². The second-order valence-corrected chi connectivity index (χ2v) is 8.34. The molecule has 4 nitrogen and oxygen atoms in total. The van der Waals surface area contributed by atoms with Crippen LogP contribution in [0.4, 0.5) is 0 Å². The van der Waals surface area contributed by atoms with Crippen LogP contribution in [0.1, 0.15) is 10.6 Å². The van der Waals surface area contributed by atoms with Crippen LogP contribution in [0.2, 0.25) is 0 Å². The summed E-state index contributed by atoms with van der Waals surface area (Å²) in [5.41, 5.74) is 2.12. The molecule has 27 heavy (non-hydrogen) atoms. The number of thiophene rings is 1.